The second kappa shape index (κ2) is 6.75. The van der Waals surface area contributed by atoms with Gasteiger partial charge in [0.2, 0.25) is 0 Å². The number of anilines is 2. The van der Waals surface area contributed by atoms with Crippen LogP contribution in [0.5, 0.6) is 0 Å². The highest BCUT2D eigenvalue weighted by Gasteiger charge is 2.18. The monoisotopic (exact) mass is 376 g/mol. The molecule has 2 N–H and O–H groups in total. The molecular weight excluding hydrogens is 362 g/mol. The first kappa shape index (κ1) is 16.5. The minimum Gasteiger partial charge on any atom is -0.337 e. The van der Waals surface area contributed by atoms with Gasteiger partial charge in [-0.3, -0.25) is 0 Å². The van der Waals surface area contributed by atoms with E-state index in [1.165, 1.54) is 11.9 Å². The molecule has 1 aromatic heterocycles. The molecule has 0 amide bonds. The van der Waals surface area contributed by atoms with Crippen molar-refractivity contribution in [1.29, 1.82) is 0 Å². The summed E-state index contributed by atoms with van der Waals surface area (Å²) in [7, 11) is 0. The third-order valence-electron chi connectivity index (χ3n) is 4.48. The largest absolute Gasteiger partial charge is 0.337 e. The van der Waals surface area contributed by atoms with Crippen LogP contribution < -0.4 is 10.6 Å². The smallest absolute Gasteiger partial charge is 0.166 e. The molecule has 1 aliphatic rings. The average molecular weight is 377 g/mol. The van der Waals surface area contributed by atoms with E-state index in [2.05, 4.69) is 32.7 Å². The highest BCUT2D eigenvalue weighted by atomic mass is 35.5. The summed E-state index contributed by atoms with van der Waals surface area (Å²) < 4.78 is 14.3. The van der Waals surface area contributed by atoms with Crippen molar-refractivity contribution in [2.75, 3.05) is 18.4 Å². The van der Waals surface area contributed by atoms with Gasteiger partial charge in [-0.25, -0.2) is 14.4 Å². The lowest BCUT2D eigenvalue weighted by Gasteiger charge is -2.13. The zero-order valence-corrected chi connectivity index (χ0v) is 14.7. The van der Waals surface area contributed by atoms with Crippen LogP contribution in [0.2, 0.25) is 10.0 Å². The second-order valence-corrected chi connectivity index (χ2v) is 6.82. The molecule has 1 fully saturated rings. The minimum absolute atomic E-state index is 0.109. The number of aromatic nitrogens is 2. The minimum atomic E-state index is -0.600. The van der Waals surface area contributed by atoms with E-state index in [1.807, 2.05) is 6.07 Å². The summed E-state index contributed by atoms with van der Waals surface area (Å²) in [5.74, 6) is 0.409. The summed E-state index contributed by atoms with van der Waals surface area (Å²) in [5, 5.41) is 7.30. The van der Waals surface area contributed by atoms with E-state index in [1.54, 1.807) is 12.1 Å². The van der Waals surface area contributed by atoms with Gasteiger partial charge in [-0.05, 0) is 48.7 Å². The van der Waals surface area contributed by atoms with Crippen LogP contribution in [0.1, 0.15) is 17.9 Å². The summed E-state index contributed by atoms with van der Waals surface area (Å²) >= 11 is 11.7. The maximum Gasteiger partial charge on any atom is 0.166 e. The van der Waals surface area contributed by atoms with Crippen LogP contribution in [-0.2, 0) is 0 Å². The van der Waals surface area contributed by atoms with Crippen molar-refractivity contribution in [3.63, 3.8) is 0 Å². The van der Waals surface area contributed by atoms with E-state index in [4.69, 9.17) is 23.2 Å². The van der Waals surface area contributed by atoms with Crippen LogP contribution in [0.25, 0.3) is 10.9 Å². The normalized spacial score (nSPS) is 17.2. The molecule has 4 rings (SSSR count). The maximum absolute atomic E-state index is 14.3. The van der Waals surface area contributed by atoms with E-state index >= 15 is 0 Å². The number of hydrogen-bond acceptors (Lipinski definition) is 4. The molecule has 1 saturated heterocycles. The number of rotatable bonds is 3. The summed E-state index contributed by atoms with van der Waals surface area (Å²) in [6, 6.07) is 9.23. The van der Waals surface area contributed by atoms with Gasteiger partial charge in [-0.2, -0.15) is 0 Å². The molecule has 0 spiro atoms. The van der Waals surface area contributed by atoms with Gasteiger partial charge < -0.3 is 10.6 Å². The lowest BCUT2D eigenvalue weighted by atomic mass is 9.97. The summed E-state index contributed by atoms with van der Waals surface area (Å²) in [6.45, 7) is 1.98. The molecule has 1 atom stereocenters. The fraction of sp³-hybridized carbons (Fsp3) is 0.222. The Morgan fingerprint density at radius 1 is 1.16 bits per heavy atom. The first-order valence-electron chi connectivity index (χ1n) is 7.99. The molecule has 25 heavy (non-hydrogen) atoms. The standard InChI is InChI=1S/C18H15Cl2FN4/c19-13-2-4-15(17(21)16(13)20)25-18-12-7-10(11-5-6-22-8-11)1-3-14(12)23-9-24-18/h1-4,7,9,11,22H,5-6,8H2,(H,23,24,25)/t11-/m0/s1. The van der Waals surface area contributed by atoms with E-state index in [0.29, 0.717) is 11.7 Å². The van der Waals surface area contributed by atoms with Gasteiger partial charge in [0.1, 0.15) is 12.1 Å². The molecule has 7 heteroatoms. The van der Waals surface area contributed by atoms with Gasteiger partial charge in [-0.1, -0.05) is 29.3 Å². The number of halogens is 3. The van der Waals surface area contributed by atoms with Gasteiger partial charge in [0.15, 0.2) is 5.82 Å². The summed E-state index contributed by atoms with van der Waals surface area (Å²) in [6.07, 6.45) is 2.56. The topological polar surface area (TPSA) is 49.8 Å². The number of nitrogens with one attached hydrogen (secondary N) is 2. The van der Waals surface area contributed by atoms with Crippen LogP contribution in [0, 0.1) is 5.82 Å². The lowest BCUT2D eigenvalue weighted by molar-refractivity contribution is 0.632. The molecule has 0 unspecified atom stereocenters. The van der Waals surface area contributed by atoms with Crippen molar-refractivity contribution < 1.29 is 4.39 Å². The van der Waals surface area contributed by atoms with E-state index in [0.717, 1.165) is 30.4 Å². The van der Waals surface area contributed by atoms with Gasteiger partial charge in [0, 0.05) is 11.9 Å². The van der Waals surface area contributed by atoms with Crippen molar-refractivity contribution >= 4 is 45.6 Å². The van der Waals surface area contributed by atoms with Gasteiger partial charge in [0.05, 0.1) is 21.2 Å². The number of nitrogens with zero attached hydrogens (tertiary/aromatic N) is 2. The van der Waals surface area contributed by atoms with Crippen molar-refractivity contribution in [2.45, 2.75) is 12.3 Å². The van der Waals surface area contributed by atoms with E-state index in [9.17, 15) is 4.39 Å². The Kier molecular flexibility index (Phi) is 4.46. The quantitative estimate of drug-likeness (QED) is 0.638. The summed E-state index contributed by atoms with van der Waals surface area (Å²) in [4.78, 5) is 8.58. The molecule has 2 aromatic carbocycles. The Bertz CT molecular complexity index is 942. The van der Waals surface area contributed by atoms with E-state index < -0.39 is 5.82 Å². The van der Waals surface area contributed by atoms with Crippen LogP contribution >= 0.6 is 23.2 Å². The highest BCUT2D eigenvalue weighted by molar-refractivity contribution is 6.42. The van der Waals surface area contributed by atoms with Crippen molar-refractivity contribution in [3.05, 3.63) is 58.1 Å². The lowest BCUT2D eigenvalue weighted by Crippen LogP contribution is -2.08. The number of hydrogen-bond donors (Lipinski definition) is 2. The van der Waals surface area contributed by atoms with Crippen molar-refractivity contribution in [1.82, 2.24) is 15.3 Å². The fourth-order valence-electron chi connectivity index (χ4n) is 3.12. The number of fused-ring (bicyclic) bond motifs is 1. The van der Waals surface area contributed by atoms with Crippen LogP contribution in [0.3, 0.4) is 0 Å². The third kappa shape index (κ3) is 3.15. The van der Waals surface area contributed by atoms with Crippen LogP contribution in [0.15, 0.2) is 36.7 Å². The number of benzene rings is 2. The zero-order chi connectivity index (χ0) is 17.4. The Morgan fingerprint density at radius 3 is 2.84 bits per heavy atom. The van der Waals surface area contributed by atoms with Crippen molar-refractivity contribution in [3.8, 4) is 0 Å². The van der Waals surface area contributed by atoms with Gasteiger partial charge in [-0.15, -0.1) is 0 Å². The molecule has 2 heterocycles. The first-order chi connectivity index (χ1) is 12.1. The van der Waals surface area contributed by atoms with E-state index in [-0.39, 0.29) is 15.7 Å². The van der Waals surface area contributed by atoms with Crippen LogP contribution in [-0.4, -0.2) is 23.1 Å². The molecule has 0 radical (unpaired) electrons. The molecule has 3 aromatic rings. The molecule has 4 nitrogen and oxygen atoms in total. The average Bonchev–Trinajstić information content (AvgIpc) is 3.17. The summed E-state index contributed by atoms with van der Waals surface area (Å²) in [5.41, 5.74) is 2.25. The highest BCUT2D eigenvalue weighted by Crippen LogP contribution is 2.33. The van der Waals surface area contributed by atoms with Gasteiger partial charge >= 0.3 is 0 Å². The predicted molar refractivity (Wildman–Crippen MR) is 99.5 cm³/mol. The Hall–Kier alpha value is -1.95. The van der Waals surface area contributed by atoms with Crippen molar-refractivity contribution in [2.24, 2.45) is 0 Å². The first-order valence-corrected chi connectivity index (χ1v) is 8.75. The Morgan fingerprint density at radius 2 is 2.04 bits per heavy atom. The molecule has 0 bridgehead atoms. The zero-order valence-electron chi connectivity index (χ0n) is 13.2. The fourth-order valence-corrected chi connectivity index (χ4v) is 3.43. The second-order valence-electron chi connectivity index (χ2n) is 6.04. The molecular formula is C18H15Cl2FN4. The van der Waals surface area contributed by atoms with Gasteiger partial charge in [0.25, 0.3) is 0 Å². The molecule has 0 saturated carbocycles. The Labute approximate surface area is 154 Å². The molecule has 0 aliphatic carbocycles. The predicted octanol–water partition coefficient (Wildman–Crippen LogP) is 4.90. The maximum atomic E-state index is 14.3. The van der Waals surface area contributed by atoms with Crippen LogP contribution in [0.4, 0.5) is 15.9 Å². The third-order valence-corrected chi connectivity index (χ3v) is 5.26. The SMILES string of the molecule is Fc1c(Nc2ncnc3ccc([C@H]4CCNC4)cc23)ccc(Cl)c1Cl. The molecule has 1 aliphatic heterocycles. The Balaban J connectivity index is 1.76. The molecule has 128 valence electrons.